The van der Waals surface area contributed by atoms with Gasteiger partial charge in [-0.3, -0.25) is 0 Å². The Morgan fingerprint density at radius 2 is 1.79 bits per heavy atom. The Morgan fingerprint density at radius 1 is 1.00 bits per heavy atom. The number of pyridine rings is 1. The van der Waals surface area contributed by atoms with Gasteiger partial charge < -0.3 is 4.74 Å². The third-order valence-electron chi connectivity index (χ3n) is 1.85. The number of hydrogen-bond donors (Lipinski definition) is 0. The van der Waals surface area contributed by atoms with Crippen LogP contribution in [0.15, 0.2) is 48.7 Å². The van der Waals surface area contributed by atoms with Gasteiger partial charge in [0.1, 0.15) is 5.75 Å². The summed E-state index contributed by atoms with van der Waals surface area (Å²) in [5.41, 5.74) is 1.13. The topological polar surface area (TPSA) is 22.1 Å². The van der Waals surface area contributed by atoms with Crippen LogP contribution in [0.3, 0.4) is 0 Å². The molecule has 2 aromatic rings. The fourth-order valence-corrected chi connectivity index (χ4v) is 1.12. The van der Waals surface area contributed by atoms with Gasteiger partial charge in [-0.05, 0) is 24.6 Å². The summed E-state index contributed by atoms with van der Waals surface area (Å²) in [4.78, 5) is 4.15. The molecule has 0 saturated carbocycles. The molecule has 0 fully saturated rings. The van der Waals surface area contributed by atoms with Crippen LogP contribution < -0.4 is 4.74 Å². The second-order valence-electron chi connectivity index (χ2n) is 3.09. The van der Waals surface area contributed by atoms with Crippen LogP contribution in [-0.2, 0) is 0 Å². The average Bonchev–Trinajstić information content (AvgIpc) is 2.23. The molecule has 1 aromatic carbocycles. The van der Waals surface area contributed by atoms with E-state index < -0.39 is 0 Å². The van der Waals surface area contributed by atoms with E-state index in [9.17, 15) is 0 Å². The molecule has 0 radical (unpaired) electrons. The van der Waals surface area contributed by atoms with Gasteiger partial charge in [0, 0.05) is 12.3 Å². The highest BCUT2D eigenvalue weighted by Gasteiger charge is 1.95. The van der Waals surface area contributed by atoms with Gasteiger partial charge >= 0.3 is 0 Å². The van der Waals surface area contributed by atoms with Crippen molar-refractivity contribution in [3.05, 3.63) is 54.2 Å². The van der Waals surface area contributed by atoms with Crippen LogP contribution >= 0.6 is 0 Å². The summed E-state index contributed by atoms with van der Waals surface area (Å²) in [6, 6.07) is 13.5. The summed E-state index contributed by atoms with van der Waals surface area (Å²) in [5.74, 6) is 1.44. The lowest BCUT2D eigenvalue weighted by atomic mass is 10.3. The van der Waals surface area contributed by atoms with E-state index in [1.807, 2.05) is 49.4 Å². The Morgan fingerprint density at radius 3 is 2.43 bits per heavy atom. The van der Waals surface area contributed by atoms with E-state index in [0.29, 0.717) is 5.88 Å². The number of aromatic nitrogens is 1. The van der Waals surface area contributed by atoms with Gasteiger partial charge in [-0.15, -0.1) is 0 Å². The number of ether oxygens (including phenoxy) is 1. The molecule has 70 valence electrons. The lowest BCUT2D eigenvalue weighted by Crippen LogP contribution is -1.86. The molecule has 14 heavy (non-hydrogen) atoms. The monoisotopic (exact) mass is 185 g/mol. The van der Waals surface area contributed by atoms with E-state index in [1.54, 1.807) is 6.20 Å². The first-order valence-electron chi connectivity index (χ1n) is 4.50. The molecule has 1 heterocycles. The molecule has 0 amide bonds. The van der Waals surface area contributed by atoms with Gasteiger partial charge in [-0.2, -0.15) is 0 Å². The van der Waals surface area contributed by atoms with Crippen LogP contribution in [-0.4, -0.2) is 4.98 Å². The molecule has 0 aliphatic carbocycles. The molecule has 0 atom stereocenters. The van der Waals surface area contributed by atoms with Gasteiger partial charge in [0.05, 0.1) is 0 Å². The number of benzene rings is 1. The smallest absolute Gasteiger partial charge is 0.219 e. The summed E-state index contributed by atoms with van der Waals surface area (Å²) in [7, 11) is 0. The summed E-state index contributed by atoms with van der Waals surface area (Å²) < 4.78 is 5.52. The lowest BCUT2D eigenvalue weighted by Gasteiger charge is -2.03. The number of para-hydroxylation sites is 1. The summed E-state index contributed by atoms with van der Waals surface area (Å²) in [6.45, 7) is 2.00. The minimum Gasteiger partial charge on any atom is -0.439 e. The van der Waals surface area contributed by atoms with E-state index in [0.717, 1.165) is 11.3 Å². The van der Waals surface area contributed by atoms with E-state index in [1.165, 1.54) is 0 Å². The van der Waals surface area contributed by atoms with Crippen molar-refractivity contribution in [2.24, 2.45) is 0 Å². The van der Waals surface area contributed by atoms with Gasteiger partial charge in [0.25, 0.3) is 0 Å². The third kappa shape index (κ3) is 2.10. The summed E-state index contributed by atoms with van der Waals surface area (Å²) in [6.07, 6.45) is 1.79. The van der Waals surface area contributed by atoms with Gasteiger partial charge in [-0.1, -0.05) is 24.3 Å². The minimum absolute atomic E-state index is 0.627. The Kier molecular flexibility index (Phi) is 2.45. The second-order valence-corrected chi connectivity index (χ2v) is 3.09. The van der Waals surface area contributed by atoms with Crippen LogP contribution in [0.25, 0.3) is 0 Å². The van der Waals surface area contributed by atoms with Crippen molar-refractivity contribution >= 4 is 0 Å². The van der Waals surface area contributed by atoms with Crippen molar-refractivity contribution in [3.8, 4) is 11.6 Å². The maximum Gasteiger partial charge on any atom is 0.219 e. The standard InChI is InChI=1S/C12H11NO/c1-10-7-8-12(13-9-10)14-11-5-3-2-4-6-11/h2-9H,1H3. The molecule has 2 rings (SSSR count). The first-order valence-corrected chi connectivity index (χ1v) is 4.50. The second kappa shape index (κ2) is 3.92. The SMILES string of the molecule is Cc1ccc(Oc2ccccc2)nc1. The number of hydrogen-bond acceptors (Lipinski definition) is 2. The van der Waals surface area contributed by atoms with E-state index in [-0.39, 0.29) is 0 Å². The van der Waals surface area contributed by atoms with Crippen molar-refractivity contribution in [1.82, 2.24) is 4.98 Å². The first-order chi connectivity index (χ1) is 6.84. The quantitative estimate of drug-likeness (QED) is 0.716. The zero-order valence-electron chi connectivity index (χ0n) is 7.97. The van der Waals surface area contributed by atoms with E-state index in [4.69, 9.17) is 4.74 Å². The maximum atomic E-state index is 5.52. The fraction of sp³-hybridized carbons (Fsp3) is 0.0833. The summed E-state index contributed by atoms with van der Waals surface area (Å²) >= 11 is 0. The van der Waals surface area contributed by atoms with Crippen LogP contribution in [0.2, 0.25) is 0 Å². The highest BCUT2D eigenvalue weighted by Crippen LogP contribution is 2.17. The molecule has 0 bridgehead atoms. The minimum atomic E-state index is 0.627. The van der Waals surface area contributed by atoms with E-state index in [2.05, 4.69) is 4.98 Å². The van der Waals surface area contributed by atoms with Crippen molar-refractivity contribution < 1.29 is 4.74 Å². The summed E-state index contributed by atoms with van der Waals surface area (Å²) in [5, 5.41) is 0. The fourth-order valence-electron chi connectivity index (χ4n) is 1.12. The lowest BCUT2D eigenvalue weighted by molar-refractivity contribution is 0.462. The molecule has 2 nitrogen and oxygen atoms in total. The zero-order valence-corrected chi connectivity index (χ0v) is 7.97. The van der Waals surface area contributed by atoms with Crippen LogP contribution in [0.1, 0.15) is 5.56 Å². The van der Waals surface area contributed by atoms with Crippen molar-refractivity contribution in [1.29, 1.82) is 0 Å². The predicted molar refractivity (Wildman–Crippen MR) is 55.5 cm³/mol. The molecule has 1 aromatic heterocycles. The van der Waals surface area contributed by atoms with Gasteiger partial charge in [0.2, 0.25) is 5.88 Å². The molecule has 0 unspecified atom stereocenters. The molecule has 0 saturated heterocycles. The zero-order chi connectivity index (χ0) is 9.80. The van der Waals surface area contributed by atoms with Crippen LogP contribution in [0.5, 0.6) is 11.6 Å². The number of aryl methyl sites for hydroxylation is 1. The maximum absolute atomic E-state index is 5.52. The Bertz CT molecular complexity index is 394. The van der Waals surface area contributed by atoms with Crippen molar-refractivity contribution in [3.63, 3.8) is 0 Å². The Labute approximate surface area is 83.2 Å². The molecule has 0 N–H and O–H groups in total. The highest BCUT2D eigenvalue weighted by molar-refractivity contribution is 5.27. The van der Waals surface area contributed by atoms with Crippen molar-refractivity contribution in [2.45, 2.75) is 6.92 Å². The van der Waals surface area contributed by atoms with Crippen LogP contribution in [0.4, 0.5) is 0 Å². The highest BCUT2D eigenvalue weighted by atomic mass is 16.5. The first kappa shape index (κ1) is 8.75. The van der Waals surface area contributed by atoms with Crippen LogP contribution in [0, 0.1) is 6.92 Å². The largest absolute Gasteiger partial charge is 0.439 e. The van der Waals surface area contributed by atoms with Crippen molar-refractivity contribution in [2.75, 3.05) is 0 Å². The molecule has 0 aliphatic rings. The third-order valence-corrected chi connectivity index (χ3v) is 1.85. The molecular weight excluding hydrogens is 174 g/mol. The molecule has 0 aliphatic heterocycles. The predicted octanol–water partition coefficient (Wildman–Crippen LogP) is 3.18. The Balaban J connectivity index is 2.16. The average molecular weight is 185 g/mol. The molecular formula is C12H11NO. The van der Waals surface area contributed by atoms with Gasteiger partial charge in [0.15, 0.2) is 0 Å². The number of nitrogens with zero attached hydrogens (tertiary/aromatic N) is 1. The van der Waals surface area contributed by atoms with Gasteiger partial charge in [-0.25, -0.2) is 4.98 Å². The molecule has 0 spiro atoms. The molecule has 2 heteroatoms. The number of rotatable bonds is 2. The Hall–Kier alpha value is -1.83. The normalized spacial score (nSPS) is 9.79. The van der Waals surface area contributed by atoms with E-state index >= 15 is 0 Å².